The molecule has 0 aromatic heterocycles. The number of methoxy groups -OCH3 is 2. The standard InChI is InChI=1S/C22H22N2O5/c1-22(2,3)12-6-8-15-14(10-12)23-18-19(29-15)21(26)24(20(18)25)13-7-9-16(27-4)17(11-13)28-5/h6-11,23H,1-5H3. The van der Waals surface area contributed by atoms with Crippen molar-refractivity contribution in [1.29, 1.82) is 0 Å². The zero-order chi connectivity index (χ0) is 20.9. The van der Waals surface area contributed by atoms with Crippen LogP contribution in [0.5, 0.6) is 11.5 Å². The lowest BCUT2D eigenvalue weighted by Crippen LogP contribution is -2.24. The van der Waals surface area contributed by atoms with Crippen LogP contribution >= 0.6 is 0 Å². The minimum atomic E-state index is -0.532. The van der Waals surface area contributed by atoms with Gasteiger partial charge in [0.25, 0.3) is 5.56 Å². The summed E-state index contributed by atoms with van der Waals surface area (Å²) in [7, 11) is 3.01. The average molecular weight is 394 g/mol. The number of aromatic nitrogens is 2. The lowest BCUT2D eigenvalue weighted by molar-refractivity contribution is 0.355. The maximum atomic E-state index is 13.0. The number of benzene rings is 2. The van der Waals surface area contributed by atoms with E-state index >= 15 is 0 Å². The molecule has 0 unspecified atom stereocenters. The molecule has 4 rings (SSSR count). The highest BCUT2D eigenvalue weighted by molar-refractivity contribution is 5.72. The molecule has 2 aromatic rings. The summed E-state index contributed by atoms with van der Waals surface area (Å²) >= 11 is 0. The van der Waals surface area contributed by atoms with Gasteiger partial charge in [-0.1, -0.05) is 26.8 Å². The van der Waals surface area contributed by atoms with Crippen molar-refractivity contribution in [1.82, 2.24) is 9.55 Å². The van der Waals surface area contributed by atoms with Gasteiger partial charge < -0.3 is 18.9 Å². The van der Waals surface area contributed by atoms with Crippen LogP contribution in [0.1, 0.15) is 26.3 Å². The van der Waals surface area contributed by atoms with E-state index in [1.165, 1.54) is 14.2 Å². The number of nitrogens with one attached hydrogen (secondary N) is 1. The number of ether oxygens (including phenoxy) is 2. The first-order valence-electron chi connectivity index (χ1n) is 9.19. The molecule has 0 bridgehead atoms. The third kappa shape index (κ3) is 2.99. The highest BCUT2D eigenvalue weighted by Crippen LogP contribution is 2.28. The molecule has 0 atom stereocenters. The quantitative estimate of drug-likeness (QED) is 0.576. The number of nitrogens with zero attached hydrogens (tertiary/aromatic N) is 1. The summed E-state index contributed by atoms with van der Waals surface area (Å²) in [5, 5.41) is 0.128. The summed E-state index contributed by atoms with van der Waals surface area (Å²) in [6, 6.07) is 10.6. The first-order valence-corrected chi connectivity index (χ1v) is 9.19. The van der Waals surface area contributed by atoms with E-state index in [1.807, 2.05) is 18.2 Å². The van der Waals surface area contributed by atoms with Gasteiger partial charge in [-0.2, -0.15) is 0 Å². The maximum Gasteiger partial charge on any atom is 0.303 e. The van der Waals surface area contributed by atoms with Gasteiger partial charge in [0.05, 0.1) is 25.4 Å². The van der Waals surface area contributed by atoms with Crippen molar-refractivity contribution < 1.29 is 13.9 Å². The molecule has 0 amide bonds. The fourth-order valence-corrected chi connectivity index (χ4v) is 3.34. The Kier molecular flexibility index (Phi) is 4.26. The Morgan fingerprint density at radius 3 is 2.31 bits per heavy atom. The van der Waals surface area contributed by atoms with Gasteiger partial charge in [-0.05, 0) is 35.2 Å². The molecule has 150 valence electrons. The van der Waals surface area contributed by atoms with E-state index in [0.717, 1.165) is 10.1 Å². The fourth-order valence-electron chi connectivity index (χ4n) is 3.34. The van der Waals surface area contributed by atoms with Crippen LogP contribution in [-0.2, 0) is 5.41 Å². The van der Waals surface area contributed by atoms with Gasteiger partial charge in [0.1, 0.15) is 0 Å². The van der Waals surface area contributed by atoms with E-state index in [-0.39, 0.29) is 16.2 Å². The Balaban J connectivity index is 2.00. The highest BCUT2D eigenvalue weighted by Gasteiger charge is 2.18. The predicted octanol–water partition coefficient (Wildman–Crippen LogP) is 3.31. The Labute approximate surface area is 166 Å². The van der Waals surface area contributed by atoms with E-state index < -0.39 is 11.1 Å². The van der Waals surface area contributed by atoms with Crippen LogP contribution in [0.4, 0.5) is 0 Å². The molecule has 29 heavy (non-hydrogen) atoms. The van der Waals surface area contributed by atoms with E-state index in [4.69, 9.17) is 13.9 Å². The van der Waals surface area contributed by atoms with Gasteiger partial charge in [0, 0.05) is 6.07 Å². The Bertz CT molecular complexity index is 1400. The Morgan fingerprint density at radius 1 is 0.931 bits per heavy atom. The van der Waals surface area contributed by atoms with E-state index in [2.05, 4.69) is 25.8 Å². The van der Waals surface area contributed by atoms with Crippen molar-refractivity contribution in [2.24, 2.45) is 0 Å². The smallest absolute Gasteiger partial charge is 0.303 e. The number of aromatic amines is 1. The first-order chi connectivity index (χ1) is 13.7. The van der Waals surface area contributed by atoms with Crippen LogP contribution in [0.15, 0.2) is 50.4 Å². The molecule has 7 nitrogen and oxygen atoms in total. The molecule has 0 spiro atoms. The van der Waals surface area contributed by atoms with Crippen LogP contribution in [-0.4, -0.2) is 23.8 Å². The SMILES string of the molecule is COc1ccc(-n2c(=O)c3[nH]c4cc(C(C)(C)C)ccc4oc=3c2=O)cc1OC. The molecule has 1 N–H and O–H groups in total. The lowest BCUT2D eigenvalue weighted by Gasteiger charge is -2.18. The molecule has 2 aromatic carbocycles. The third-order valence-electron chi connectivity index (χ3n) is 4.98. The average Bonchev–Trinajstić information content (AvgIpc) is 2.94. The maximum absolute atomic E-state index is 13.0. The summed E-state index contributed by atoms with van der Waals surface area (Å²) in [5.74, 6) is 0.923. The monoisotopic (exact) mass is 394 g/mol. The van der Waals surface area contributed by atoms with Crippen LogP contribution < -0.4 is 20.6 Å². The molecule has 2 aliphatic heterocycles. The lowest BCUT2D eigenvalue weighted by atomic mass is 9.87. The Hall–Kier alpha value is -3.48. The van der Waals surface area contributed by atoms with Gasteiger partial charge in [-0.15, -0.1) is 0 Å². The van der Waals surface area contributed by atoms with Gasteiger partial charge in [0.2, 0.25) is 5.42 Å². The fraction of sp³-hybridized carbons (Fsp3) is 0.273. The summed E-state index contributed by atoms with van der Waals surface area (Å²) in [6.07, 6.45) is 0. The number of fused-ring (bicyclic) bond motifs is 1. The van der Waals surface area contributed by atoms with Gasteiger partial charge in [-0.3, -0.25) is 9.59 Å². The summed E-state index contributed by atoms with van der Waals surface area (Å²) in [6.45, 7) is 6.31. The van der Waals surface area contributed by atoms with Crippen LogP contribution in [0.3, 0.4) is 0 Å². The predicted molar refractivity (Wildman–Crippen MR) is 110 cm³/mol. The van der Waals surface area contributed by atoms with Crippen molar-refractivity contribution in [2.75, 3.05) is 14.2 Å². The van der Waals surface area contributed by atoms with E-state index in [0.29, 0.717) is 28.3 Å². The van der Waals surface area contributed by atoms with Crippen LogP contribution in [0.25, 0.3) is 16.8 Å². The van der Waals surface area contributed by atoms with E-state index in [9.17, 15) is 9.59 Å². The minimum Gasteiger partial charge on any atom is -0.493 e. The number of hydrogen-bond donors (Lipinski definition) is 1. The van der Waals surface area contributed by atoms with Crippen molar-refractivity contribution in [3.05, 3.63) is 73.4 Å². The zero-order valence-corrected chi connectivity index (χ0v) is 17.0. The molecular weight excluding hydrogens is 372 g/mol. The molecule has 0 radical (unpaired) electrons. The largest absolute Gasteiger partial charge is 0.493 e. The molecule has 0 aliphatic carbocycles. The molecule has 7 heteroatoms. The minimum absolute atomic E-state index is 0.0132. The van der Waals surface area contributed by atoms with Crippen LogP contribution in [0, 0.1) is 10.8 Å². The second kappa shape index (κ2) is 6.55. The molecular formula is C22H22N2O5. The normalized spacial score (nSPS) is 11.9. The Morgan fingerprint density at radius 2 is 1.66 bits per heavy atom. The van der Waals surface area contributed by atoms with Gasteiger partial charge in [0.15, 0.2) is 22.4 Å². The molecule has 2 aliphatic rings. The van der Waals surface area contributed by atoms with Crippen molar-refractivity contribution >= 4 is 11.1 Å². The zero-order valence-electron chi connectivity index (χ0n) is 17.0. The topological polar surface area (TPSA) is 86.5 Å². The highest BCUT2D eigenvalue weighted by atomic mass is 16.5. The summed E-state index contributed by atoms with van der Waals surface area (Å²) < 4.78 is 17.4. The number of rotatable bonds is 3. The number of H-pyrrole nitrogens is 1. The van der Waals surface area contributed by atoms with Crippen LogP contribution in [0.2, 0.25) is 0 Å². The van der Waals surface area contributed by atoms with Gasteiger partial charge >= 0.3 is 5.56 Å². The van der Waals surface area contributed by atoms with Gasteiger partial charge in [-0.25, -0.2) is 4.57 Å². The molecule has 0 saturated heterocycles. The molecule has 0 saturated carbocycles. The summed E-state index contributed by atoms with van der Waals surface area (Å²) in [5.41, 5.74) is 1.53. The second-order valence-corrected chi connectivity index (χ2v) is 7.88. The van der Waals surface area contributed by atoms with Crippen molar-refractivity contribution in [3.8, 4) is 17.2 Å². The van der Waals surface area contributed by atoms with Crippen molar-refractivity contribution in [3.63, 3.8) is 0 Å². The molecule has 0 fully saturated rings. The third-order valence-corrected chi connectivity index (χ3v) is 4.98. The molecule has 2 heterocycles. The summed E-state index contributed by atoms with van der Waals surface area (Å²) in [4.78, 5) is 29.1. The number of hydrogen-bond acceptors (Lipinski definition) is 5. The van der Waals surface area contributed by atoms with E-state index in [1.54, 1.807) is 18.2 Å². The van der Waals surface area contributed by atoms with Crippen molar-refractivity contribution in [2.45, 2.75) is 26.2 Å². The second-order valence-electron chi connectivity index (χ2n) is 7.88. The first kappa shape index (κ1) is 18.9.